The van der Waals surface area contributed by atoms with Gasteiger partial charge in [-0.25, -0.2) is 4.98 Å². The van der Waals surface area contributed by atoms with Crippen LogP contribution in [0, 0.1) is 0 Å². The van der Waals surface area contributed by atoms with Crippen molar-refractivity contribution in [2.45, 2.75) is 6.54 Å². The average molecular weight is 295 g/mol. The predicted molar refractivity (Wildman–Crippen MR) is 81.4 cm³/mol. The van der Waals surface area contributed by atoms with Crippen molar-refractivity contribution in [2.24, 2.45) is 10.2 Å². The molecule has 3 aromatic rings. The van der Waals surface area contributed by atoms with Crippen LogP contribution in [0.25, 0.3) is 10.9 Å². The van der Waals surface area contributed by atoms with Crippen LogP contribution >= 0.6 is 0 Å². The van der Waals surface area contributed by atoms with E-state index in [1.54, 1.807) is 6.07 Å². The van der Waals surface area contributed by atoms with E-state index in [2.05, 4.69) is 15.2 Å². The highest BCUT2D eigenvalue weighted by molar-refractivity contribution is 5.79. The number of para-hydroxylation sites is 1. The van der Waals surface area contributed by atoms with Gasteiger partial charge < -0.3 is 15.3 Å². The molecule has 3 N–H and O–H groups in total. The second kappa shape index (κ2) is 5.69. The molecule has 0 unspecified atom stereocenters. The third-order valence-corrected chi connectivity index (χ3v) is 3.17. The number of rotatable bonds is 3. The fourth-order valence-electron chi connectivity index (χ4n) is 2.03. The van der Waals surface area contributed by atoms with Gasteiger partial charge in [-0.2, -0.15) is 5.11 Å². The molecule has 0 fully saturated rings. The lowest BCUT2D eigenvalue weighted by molar-refractivity contribution is 0.394. The fourth-order valence-corrected chi connectivity index (χ4v) is 2.03. The third-order valence-electron chi connectivity index (χ3n) is 3.17. The number of fused-ring (bicyclic) bond motifs is 1. The maximum atomic E-state index is 9.67. The number of azo groups is 1. The first-order chi connectivity index (χ1) is 10.6. The van der Waals surface area contributed by atoms with Crippen LogP contribution < -0.4 is 0 Å². The summed E-state index contributed by atoms with van der Waals surface area (Å²) in [6, 6.07) is 13.6. The van der Waals surface area contributed by atoms with Crippen LogP contribution in [0.1, 0.15) is 5.56 Å². The molecule has 3 rings (SSSR count). The Hall–Kier alpha value is -3.15. The minimum absolute atomic E-state index is 0.0637. The monoisotopic (exact) mass is 295 g/mol. The van der Waals surface area contributed by atoms with E-state index < -0.39 is 0 Å². The van der Waals surface area contributed by atoms with Gasteiger partial charge in [0.15, 0.2) is 17.3 Å². The number of nitrogens with zero attached hydrogens (tertiary/aromatic N) is 3. The molecule has 1 aromatic heterocycles. The summed E-state index contributed by atoms with van der Waals surface area (Å²) < 4.78 is 0. The highest BCUT2D eigenvalue weighted by atomic mass is 16.3. The average Bonchev–Trinajstić information content (AvgIpc) is 2.52. The zero-order valence-corrected chi connectivity index (χ0v) is 11.5. The van der Waals surface area contributed by atoms with Crippen LogP contribution in [0.4, 0.5) is 5.82 Å². The number of hydrogen-bond acceptors (Lipinski definition) is 6. The minimum Gasteiger partial charge on any atom is -0.507 e. The first kappa shape index (κ1) is 13.8. The van der Waals surface area contributed by atoms with Gasteiger partial charge in [0.2, 0.25) is 0 Å². The van der Waals surface area contributed by atoms with E-state index in [0.29, 0.717) is 11.4 Å². The number of aromatic hydroxyl groups is 3. The number of hydrogen-bond donors (Lipinski definition) is 3. The maximum Gasteiger partial charge on any atom is 0.174 e. The van der Waals surface area contributed by atoms with Crippen LogP contribution in [0.15, 0.2) is 58.8 Å². The summed E-state index contributed by atoms with van der Waals surface area (Å²) >= 11 is 0. The molecule has 110 valence electrons. The Bertz CT molecular complexity index is 862. The Labute approximate surface area is 126 Å². The predicted octanol–water partition coefficient (Wildman–Crippen LogP) is 3.64. The van der Waals surface area contributed by atoms with E-state index in [1.165, 1.54) is 6.07 Å². The van der Waals surface area contributed by atoms with Crippen LogP contribution in [-0.4, -0.2) is 20.3 Å². The summed E-state index contributed by atoms with van der Waals surface area (Å²) in [7, 11) is 0. The van der Waals surface area contributed by atoms with Crippen molar-refractivity contribution < 1.29 is 15.3 Å². The Balaban J connectivity index is 1.80. The van der Waals surface area contributed by atoms with Gasteiger partial charge in [-0.3, -0.25) is 0 Å². The molecule has 0 spiro atoms. The first-order valence-electron chi connectivity index (χ1n) is 6.60. The van der Waals surface area contributed by atoms with E-state index >= 15 is 0 Å². The number of benzene rings is 2. The lowest BCUT2D eigenvalue weighted by Gasteiger charge is -2.03. The van der Waals surface area contributed by atoms with Crippen molar-refractivity contribution in [1.82, 2.24) is 4.98 Å². The lowest BCUT2D eigenvalue weighted by Crippen LogP contribution is -1.83. The van der Waals surface area contributed by atoms with Gasteiger partial charge in [0.1, 0.15) is 5.75 Å². The summed E-state index contributed by atoms with van der Waals surface area (Å²) in [5, 5.41) is 37.3. The Morgan fingerprint density at radius 1 is 0.864 bits per heavy atom. The summed E-state index contributed by atoms with van der Waals surface area (Å²) in [6.07, 6.45) is 0. The van der Waals surface area contributed by atoms with Crippen LogP contribution in [0.3, 0.4) is 0 Å². The number of phenols is 3. The second-order valence-corrected chi connectivity index (χ2v) is 4.73. The molecule has 0 amide bonds. The summed E-state index contributed by atoms with van der Waals surface area (Å²) in [4.78, 5) is 4.35. The van der Waals surface area contributed by atoms with Gasteiger partial charge in [-0.1, -0.05) is 18.2 Å². The quantitative estimate of drug-likeness (QED) is 0.390. The summed E-state index contributed by atoms with van der Waals surface area (Å²) in [5.74, 6) is -0.386. The Morgan fingerprint density at radius 3 is 2.50 bits per heavy atom. The molecule has 0 radical (unpaired) electrons. The van der Waals surface area contributed by atoms with Crippen LogP contribution in [-0.2, 0) is 6.54 Å². The van der Waals surface area contributed by atoms with E-state index in [0.717, 1.165) is 17.0 Å². The van der Waals surface area contributed by atoms with Gasteiger partial charge in [-0.05, 0) is 24.3 Å². The Morgan fingerprint density at radius 2 is 1.64 bits per heavy atom. The number of pyridine rings is 1. The maximum absolute atomic E-state index is 9.67. The zero-order chi connectivity index (χ0) is 15.5. The highest BCUT2D eigenvalue weighted by Crippen LogP contribution is 2.32. The molecule has 0 saturated heterocycles. The van der Waals surface area contributed by atoms with Crippen molar-refractivity contribution >= 4 is 16.7 Å². The molecule has 0 atom stereocenters. The molecule has 6 nitrogen and oxygen atoms in total. The molecular formula is C16H13N3O3. The lowest BCUT2D eigenvalue weighted by atomic mass is 10.2. The molecule has 0 saturated carbocycles. The van der Waals surface area contributed by atoms with Gasteiger partial charge in [-0.15, -0.1) is 5.11 Å². The molecule has 0 aliphatic heterocycles. The van der Waals surface area contributed by atoms with Crippen molar-refractivity contribution in [3.8, 4) is 17.2 Å². The Kier molecular flexibility index (Phi) is 3.57. The molecule has 6 heteroatoms. The third kappa shape index (κ3) is 2.80. The van der Waals surface area contributed by atoms with E-state index in [4.69, 9.17) is 0 Å². The van der Waals surface area contributed by atoms with Crippen molar-refractivity contribution in [3.05, 3.63) is 54.1 Å². The van der Waals surface area contributed by atoms with Crippen molar-refractivity contribution in [1.29, 1.82) is 0 Å². The number of aromatic nitrogens is 1. The van der Waals surface area contributed by atoms with Crippen LogP contribution in [0.5, 0.6) is 17.2 Å². The summed E-state index contributed by atoms with van der Waals surface area (Å²) in [6.45, 7) is 0.0637. The van der Waals surface area contributed by atoms with Gasteiger partial charge >= 0.3 is 0 Å². The summed E-state index contributed by atoms with van der Waals surface area (Å²) in [5.41, 5.74) is 1.18. The van der Waals surface area contributed by atoms with E-state index in [9.17, 15) is 15.3 Å². The SMILES string of the molecule is Oc1cc(O)c(CN=Nc2ccc3ccccc3n2)cc1O. The number of phenolic OH excluding ortho intramolecular Hbond substituents is 3. The molecule has 0 aliphatic carbocycles. The van der Waals surface area contributed by atoms with E-state index in [-0.39, 0.29) is 23.8 Å². The standard InChI is InChI=1S/C16H13N3O3/c20-13-8-15(22)14(21)7-11(13)9-17-19-16-6-5-10-3-1-2-4-12(10)18-16/h1-8,20-22H,9H2. The van der Waals surface area contributed by atoms with Gasteiger partial charge in [0.05, 0.1) is 12.1 Å². The van der Waals surface area contributed by atoms with Gasteiger partial charge in [0.25, 0.3) is 0 Å². The smallest absolute Gasteiger partial charge is 0.174 e. The highest BCUT2D eigenvalue weighted by Gasteiger charge is 2.07. The van der Waals surface area contributed by atoms with E-state index in [1.807, 2.05) is 30.3 Å². The first-order valence-corrected chi connectivity index (χ1v) is 6.60. The largest absolute Gasteiger partial charge is 0.507 e. The minimum atomic E-state index is -0.380. The normalized spacial score (nSPS) is 11.3. The van der Waals surface area contributed by atoms with Crippen molar-refractivity contribution in [2.75, 3.05) is 0 Å². The van der Waals surface area contributed by atoms with Crippen LogP contribution in [0.2, 0.25) is 0 Å². The molecule has 2 aromatic carbocycles. The van der Waals surface area contributed by atoms with Crippen molar-refractivity contribution in [3.63, 3.8) is 0 Å². The molecule has 0 aliphatic rings. The fraction of sp³-hybridized carbons (Fsp3) is 0.0625. The second-order valence-electron chi connectivity index (χ2n) is 4.73. The topological polar surface area (TPSA) is 98.3 Å². The molecule has 0 bridgehead atoms. The zero-order valence-electron chi connectivity index (χ0n) is 11.5. The molecular weight excluding hydrogens is 282 g/mol. The molecule has 1 heterocycles. The molecule has 22 heavy (non-hydrogen) atoms. The van der Waals surface area contributed by atoms with Gasteiger partial charge in [0, 0.05) is 17.0 Å².